The van der Waals surface area contributed by atoms with Gasteiger partial charge in [0.2, 0.25) is 5.88 Å². The molecule has 5 heteroatoms. The Bertz CT molecular complexity index is 422. The van der Waals surface area contributed by atoms with Gasteiger partial charge in [0.05, 0.1) is 7.11 Å². The second-order valence-electron chi connectivity index (χ2n) is 4.90. The molecule has 0 radical (unpaired) electrons. The molecule has 1 atom stereocenters. The van der Waals surface area contributed by atoms with Crippen molar-refractivity contribution in [2.75, 3.05) is 20.2 Å². The number of aromatic nitrogens is 2. The van der Waals surface area contributed by atoms with Crippen molar-refractivity contribution in [2.24, 2.45) is 0 Å². The van der Waals surface area contributed by atoms with E-state index in [9.17, 15) is 5.11 Å². The van der Waals surface area contributed by atoms with Crippen LogP contribution in [0.1, 0.15) is 25.0 Å². The number of nitrogens with zero attached hydrogens (tertiary/aromatic N) is 3. The van der Waals surface area contributed by atoms with Gasteiger partial charge in [0.1, 0.15) is 11.3 Å². The molecule has 0 bridgehead atoms. The van der Waals surface area contributed by atoms with Crippen LogP contribution in [0, 0.1) is 0 Å². The number of ether oxygens (including phenoxy) is 1. The molecule has 1 aromatic heterocycles. The van der Waals surface area contributed by atoms with E-state index < -0.39 is 5.60 Å². The van der Waals surface area contributed by atoms with E-state index in [1.807, 2.05) is 0 Å². The van der Waals surface area contributed by atoms with Crippen LogP contribution in [0.15, 0.2) is 12.4 Å². The van der Waals surface area contributed by atoms with Crippen LogP contribution in [0.2, 0.25) is 0 Å². The van der Waals surface area contributed by atoms with E-state index in [0.29, 0.717) is 30.6 Å². The summed E-state index contributed by atoms with van der Waals surface area (Å²) in [6.07, 6.45) is 6.41. The van der Waals surface area contributed by atoms with Crippen molar-refractivity contribution in [3.63, 3.8) is 0 Å². The fraction of sp³-hybridized carbons (Fsp3) is 0.667. The lowest BCUT2D eigenvalue weighted by Gasteiger charge is -2.23. The molecular weight excluding hydrogens is 218 g/mol. The Kier molecular flexibility index (Phi) is 2.52. The molecule has 1 N–H and O–H groups in total. The van der Waals surface area contributed by atoms with Crippen LogP contribution < -0.4 is 4.74 Å². The Balaban J connectivity index is 1.87. The third-order valence-electron chi connectivity index (χ3n) is 3.64. The maximum absolute atomic E-state index is 10.7. The fourth-order valence-corrected chi connectivity index (χ4v) is 2.56. The van der Waals surface area contributed by atoms with Crippen molar-refractivity contribution >= 4 is 0 Å². The molecule has 1 aliphatic carbocycles. The minimum atomic E-state index is -0.901. The first-order valence-corrected chi connectivity index (χ1v) is 6.05. The summed E-state index contributed by atoms with van der Waals surface area (Å²) in [5.74, 6) is 0.438. The first-order valence-electron chi connectivity index (χ1n) is 6.05. The second-order valence-corrected chi connectivity index (χ2v) is 4.90. The van der Waals surface area contributed by atoms with Gasteiger partial charge in [-0.1, -0.05) is 0 Å². The Labute approximate surface area is 100 Å². The average molecular weight is 235 g/mol. The molecule has 1 saturated heterocycles. The SMILES string of the molecule is COc1nccnc1C1(O)CCN(C2CC2)C1. The second kappa shape index (κ2) is 3.92. The van der Waals surface area contributed by atoms with E-state index in [4.69, 9.17) is 4.74 Å². The molecule has 2 fully saturated rings. The molecule has 0 amide bonds. The number of likely N-dealkylation sites (tertiary alicyclic amines) is 1. The first-order chi connectivity index (χ1) is 8.23. The highest BCUT2D eigenvalue weighted by Gasteiger charge is 2.45. The average Bonchev–Trinajstić information content (AvgIpc) is 3.13. The summed E-state index contributed by atoms with van der Waals surface area (Å²) in [4.78, 5) is 10.7. The lowest BCUT2D eigenvalue weighted by molar-refractivity contribution is 0.0375. The lowest BCUT2D eigenvalue weighted by Crippen LogP contribution is -2.33. The van der Waals surface area contributed by atoms with Gasteiger partial charge >= 0.3 is 0 Å². The van der Waals surface area contributed by atoms with E-state index in [2.05, 4.69) is 14.9 Å². The Morgan fingerprint density at radius 3 is 2.88 bits per heavy atom. The third-order valence-corrected chi connectivity index (χ3v) is 3.64. The zero-order valence-electron chi connectivity index (χ0n) is 9.96. The van der Waals surface area contributed by atoms with Crippen molar-refractivity contribution in [3.8, 4) is 5.88 Å². The van der Waals surface area contributed by atoms with Crippen LogP contribution in [0.3, 0.4) is 0 Å². The highest BCUT2D eigenvalue weighted by atomic mass is 16.5. The summed E-state index contributed by atoms with van der Waals surface area (Å²) >= 11 is 0. The van der Waals surface area contributed by atoms with Gasteiger partial charge in [0.15, 0.2) is 0 Å². The van der Waals surface area contributed by atoms with Crippen LogP contribution in [0.5, 0.6) is 5.88 Å². The molecule has 1 unspecified atom stereocenters. The molecular formula is C12H17N3O2. The molecule has 2 aliphatic rings. The van der Waals surface area contributed by atoms with Gasteiger partial charge in [-0.25, -0.2) is 4.98 Å². The van der Waals surface area contributed by atoms with E-state index in [-0.39, 0.29) is 0 Å². The smallest absolute Gasteiger partial charge is 0.238 e. The van der Waals surface area contributed by atoms with E-state index in [1.165, 1.54) is 12.8 Å². The quantitative estimate of drug-likeness (QED) is 0.828. The highest BCUT2D eigenvalue weighted by molar-refractivity contribution is 5.26. The predicted molar refractivity (Wildman–Crippen MR) is 61.7 cm³/mol. The maximum Gasteiger partial charge on any atom is 0.238 e. The monoisotopic (exact) mass is 235 g/mol. The van der Waals surface area contributed by atoms with Crippen LogP contribution >= 0.6 is 0 Å². The van der Waals surface area contributed by atoms with Gasteiger partial charge in [0.25, 0.3) is 0 Å². The van der Waals surface area contributed by atoms with Gasteiger partial charge < -0.3 is 9.84 Å². The molecule has 0 spiro atoms. The normalized spacial score (nSPS) is 29.5. The molecule has 17 heavy (non-hydrogen) atoms. The number of β-amino-alcohol motifs (C(OH)–C–C–N with tert-alkyl or cyclic N) is 1. The summed E-state index contributed by atoms with van der Waals surface area (Å²) in [6.45, 7) is 1.58. The number of hydrogen-bond acceptors (Lipinski definition) is 5. The zero-order chi connectivity index (χ0) is 11.9. The molecule has 2 heterocycles. The van der Waals surface area contributed by atoms with Crippen molar-refractivity contribution in [1.29, 1.82) is 0 Å². The molecule has 1 aromatic rings. The molecule has 92 valence electrons. The van der Waals surface area contributed by atoms with E-state index >= 15 is 0 Å². The van der Waals surface area contributed by atoms with Gasteiger partial charge in [-0.2, -0.15) is 0 Å². The summed E-state index contributed by atoms with van der Waals surface area (Å²) < 4.78 is 5.18. The van der Waals surface area contributed by atoms with Gasteiger partial charge in [0, 0.05) is 31.5 Å². The van der Waals surface area contributed by atoms with Crippen molar-refractivity contribution < 1.29 is 9.84 Å². The van der Waals surface area contributed by atoms with Gasteiger partial charge in [-0.05, 0) is 19.3 Å². The number of aliphatic hydroxyl groups is 1. The molecule has 3 rings (SSSR count). The molecule has 5 nitrogen and oxygen atoms in total. The Morgan fingerprint density at radius 1 is 1.41 bits per heavy atom. The van der Waals surface area contributed by atoms with Crippen LogP contribution in [-0.4, -0.2) is 46.2 Å². The predicted octanol–water partition coefficient (Wildman–Crippen LogP) is 0.541. The highest BCUT2D eigenvalue weighted by Crippen LogP contribution is 2.39. The Morgan fingerprint density at radius 2 is 2.18 bits per heavy atom. The van der Waals surface area contributed by atoms with Crippen LogP contribution in [-0.2, 0) is 5.60 Å². The zero-order valence-corrected chi connectivity index (χ0v) is 9.96. The molecule has 0 aromatic carbocycles. The summed E-state index contributed by atoms with van der Waals surface area (Å²) in [5, 5.41) is 10.7. The third kappa shape index (κ3) is 1.89. The molecule has 1 saturated carbocycles. The number of rotatable bonds is 3. The number of methoxy groups -OCH3 is 1. The minimum absolute atomic E-state index is 0.438. The minimum Gasteiger partial charge on any atom is -0.480 e. The van der Waals surface area contributed by atoms with Crippen molar-refractivity contribution in [2.45, 2.75) is 30.9 Å². The largest absolute Gasteiger partial charge is 0.480 e. The lowest BCUT2D eigenvalue weighted by atomic mass is 9.99. The van der Waals surface area contributed by atoms with Gasteiger partial charge in [-0.3, -0.25) is 9.88 Å². The van der Waals surface area contributed by atoms with E-state index in [1.54, 1.807) is 19.5 Å². The molecule has 1 aliphatic heterocycles. The topological polar surface area (TPSA) is 58.5 Å². The maximum atomic E-state index is 10.7. The van der Waals surface area contributed by atoms with Crippen LogP contribution in [0.4, 0.5) is 0 Å². The van der Waals surface area contributed by atoms with Crippen molar-refractivity contribution in [1.82, 2.24) is 14.9 Å². The fourth-order valence-electron chi connectivity index (χ4n) is 2.56. The summed E-state index contributed by atoms with van der Waals surface area (Å²) in [7, 11) is 1.56. The standard InChI is InChI=1S/C12H17N3O2/c1-17-11-10(13-5-6-14-11)12(16)4-7-15(8-12)9-2-3-9/h5-6,9,16H,2-4,7-8H2,1H3. The first kappa shape index (κ1) is 10.9. The van der Waals surface area contributed by atoms with Gasteiger partial charge in [-0.15, -0.1) is 0 Å². The van der Waals surface area contributed by atoms with E-state index in [0.717, 1.165) is 6.54 Å². The Hall–Kier alpha value is -1.20. The summed E-state index contributed by atoms with van der Waals surface area (Å²) in [5.41, 5.74) is -0.326. The number of hydrogen-bond donors (Lipinski definition) is 1. The van der Waals surface area contributed by atoms with Crippen molar-refractivity contribution in [3.05, 3.63) is 18.1 Å². The van der Waals surface area contributed by atoms with Crippen LogP contribution in [0.25, 0.3) is 0 Å². The summed E-state index contributed by atoms with van der Waals surface area (Å²) in [6, 6.07) is 0.673.